The second kappa shape index (κ2) is 3.65. The predicted molar refractivity (Wildman–Crippen MR) is 61.4 cm³/mol. The first kappa shape index (κ1) is 9.95. The van der Waals surface area contributed by atoms with Crippen molar-refractivity contribution in [2.45, 2.75) is 12.2 Å². The van der Waals surface area contributed by atoms with E-state index < -0.39 is 0 Å². The molecule has 15 heavy (non-hydrogen) atoms. The highest BCUT2D eigenvalue weighted by molar-refractivity contribution is 6.19. The molecule has 0 aromatic heterocycles. The van der Waals surface area contributed by atoms with Gasteiger partial charge in [0.2, 0.25) is 0 Å². The van der Waals surface area contributed by atoms with Crippen molar-refractivity contribution in [3.63, 3.8) is 0 Å². The average molecular weight is 243 g/mol. The van der Waals surface area contributed by atoms with Crippen LogP contribution in [0.5, 0.6) is 0 Å². The average Bonchev–Trinajstić information content (AvgIpc) is 2.84. The van der Waals surface area contributed by atoms with E-state index >= 15 is 0 Å². The molecule has 1 saturated heterocycles. The van der Waals surface area contributed by atoms with Gasteiger partial charge in [-0.05, 0) is 11.1 Å². The van der Waals surface area contributed by atoms with E-state index in [4.69, 9.17) is 27.9 Å². The molecule has 1 nitrogen and oxygen atoms in total. The number of halogens is 2. The molecule has 1 fully saturated rings. The SMILES string of the molecule is ClC[C@H]1[C@H](CCl)[C@H]2O[C@H]1c1ccccc12. The van der Waals surface area contributed by atoms with E-state index in [1.165, 1.54) is 11.1 Å². The van der Waals surface area contributed by atoms with Gasteiger partial charge in [0.05, 0.1) is 12.2 Å². The standard InChI is InChI=1S/C12H12Cl2O/c13-5-9-10(6-14)12-8-4-2-1-3-7(8)11(9)15-12/h1-4,9-12H,5-6H2/t9-,10-,11-,12-/m0/s1. The summed E-state index contributed by atoms with van der Waals surface area (Å²) in [5.41, 5.74) is 2.63. The van der Waals surface area contributed by atoms with Crippen LogP contribution in [0.3, 0.4) is 0 Å². The molecule has 2 heterocycles. The van der Waals surface area contributed by atoms with Crippen molar-refractivity contribution in [1.29, 1.82) is 0 Å². The second-order valence-electron chi connectivity index (χ2n) is 4.24. The first-order chi connectivity index (χ1) is 7.36. The summed E-state index contributed by atoms with van der Waals surface area (Å²) in [6, 6.07) is 8.40. The highest BCUT2D eigenvalue weighted by Crippen LogP contribution is 2.57. The molecule has 2 aliphatic heterocycles. The minimum Gasteiger partial charge on any atom is -0.365 e. The Labute approximate surface area is 99.3 Å². The van der Waals surface area contributed by atoms with Crippen LogP contribution in [0.15, 0.2) is 24.3 Å². The molecule has 0 amide bonds. The van der Waals surface area contributed by atoms with Crippen molar-refractivity contribution in [2.24, 2.45) is 11.8 Å². The van der Waals surface area contributed by atoms with E-state index in [0.717, 1.165) is 0 Å². The summed E-state index contributed by atoms with van der Waals surface area (Å²) in [7, 11) is 0. The van der Waals surface area contributed by atoms with E-state index in [0.29, 0.717) is 23.6 Å². The smallest absolute Gasteiger partial charge is 0.0880 e. The van der Waals surface area contributed by atoms with Gasteiger partial charge in [0.1, 0.15) is 0 Å². The molecule has 2 aliphatic rings. The van der Waals surface area contributed by atoms with Crippen LogP contribution in [-0.2, 0) is 4.74 Å². The Morgan fingerprint density at radius 1 is 0.933 bits per heavy atom. The maximum absolute atomic E-state index is 6.00. The number of fused-ring (bicyclic) bond motifs is 5. The predicted octanol–water partition coefficient (Wildman–Crippen LogP) is 3.52. The maximum atomic E-state index is 6.00. The molecule has 3 heteroatoms. The summed E-state index contributed by atoms with van der Waals surface area (Å²) in [6.45, 7) is 0. The van der Waals surface area contributed by atoms with Gasteiger partial charge in [-0.3, -0.25) is 0 Å². The molecule has 0 radical (unpaired) electrons. The largest absolute Gasteiger partial charge is 0.365 e. The van der Waals surface area contributed by atoms with Gasteiger partial charge >= 0.3 is 0 Å². The molecule has 3 rings (SSSR count). The normalized spacial score (nSPS) is 36.9. The van der Waals surface area contributed by atoms with Gasteiger partial charge in [-0.25, -0.2) is 0 Å². The summed E-state index contributed by atoms with van der Waals surface area (Å²) >= 11 is 12.0. The summed E-state index contributed by atoms with van der Waals surface area (Å²) in [5.74, 6) is 2.02. The molecule has 80 valence electrons. The Kier molecular flexibility index (Phi) is 2.42. The Bertz CT molecular complexity index is 345. The molecular weight excluding hydrogens is 231 g/mol. The Hall–Kier alpha value is -0.240. The third-order valence-corrected chi connectivity index (χ3v) is 4.30. The molecule has 0 spiro atoms. The number of hydrogen-bond acceptors (Lipinski definition) is 1. The zero-order valence-electron chi connectivity index (χ0n) is 8.20. The van der Waals surface area contributed by atoms with Crippen LogP contribution in [0.4, 0.5) is 0 Å². The minimum atomic E-state index is 0.174. The fourth-order valence-electron chi connectivity index (χ4n) is 2.84. The van der Waals surface area contributed by atoms with Gasteiger partial charge < -0.3 is 4.74 Å². The Balaban J connectivity index is 2.05. The molecule has 1 aromatic carbocycles. The van der Waals surface area contributed by atoms with E-state index in [9.17, 15) is 0 Å². The fraction of sp³-hybridized carbons (Fsp3) is 0.500. The van der Waals surface area contributed by atoms with Crippen molar-refractivity contribution in [1.82, 2.24) is 0 Å². The molecule has 1 aromatic rings. The maximum Gasteiger partial charge on any atom is 0.0880 e. The highest BCUT2D eigenvalue weighted by atomic mass is 35.5. The van der Waals surface area contributed by atoms with Crippen LogP contribution in [-0.4, -0.2) is 11.8 Å². The lowest BCUT2D eigenvalue weighted by atomic mass is 9.78. The second-order valence-corrected chi connectivity index (χ2v) is 4.86. The van der Waals surface area contributed by atoms with E-state index in [-0.39, 0.29) is 12.2 Å². The number of rotatable bonds is 2. The van der Waals surface area contributed by atoms with E-state index in [2.05, 4.69) is 24.3 Å². The van der Waals surface area contributed by atoms with Crippen LogP contribution < -0.4 is 0 Å². The summed E-state index contributed by atoms with van der Waals surface area (Å²) in [4.78, 5) is 0. The fourth-order valence-corrected chi connectivity index (χ4v) is 3.62. The number of benzene rings is 1. The zero-order valence-corrected chi connectivity index (χ0v) is 9.71. The first-order valence-corrected chi connectivity index (χ1v) is 6.30. The number of hydrogen-bond donors (Lipinski definition) is 0. The molecule has 4 atom stereocenters. The van der Waals surface area contributed by atoms with Crippen LogP contribution >= 0.6 is 23.2 Å². The summed E-state index contributed by atoms with van der Waals surface area (Å²) in [6.07, 6.45) is 0.347. The van der Waals surface area contributed by atoms with Crippen molar-refractivity contribution in [3.8, 4) is 0 Å². The van der Waals surface area contributed by atoms with Gasteiger partial charge in [-0.15, -0.1) is 23.2 Å². The number of ether oxygens (including phenoxy) is 1. The number of alkyl halides is 2. The monoisotopic (exact) mass is 242 g/mol. The molecule has 0 N–H and O–H groups in total. The molecule has 2 bridgehead atoms. The zero-order chi connectivity index (χ0) is 10.4. The van der Waals surface area contributed by atoms with Crippen LogP contribution in [0.25, 0.3) is 0 Å². The van der Waals surface area contributed by atoms with Crippen molar-refractivity contribution in [3.05, 3.63) is 35.4 Å². The van der Waals surface area contributed by atoms with Gasteiger partial charge in [0.25, 0.3) is 0 Å². The minimum absolute atomic E-state index is 0.174. The van der Waals surface area contributed by atoms with Gasteiger partial charge in [-0.2, -0.15) is 0 Å². The van der Waals surface area contributed by atoms with E-state index in [1.807, 2.05) is 0 Å². The van der Waals surface area contributed by atoms with Crippen molar-refractivity contribution in [2.75, 3.05) is 11.8 Å². The molecule has 0 unspecified atom stereocenters. The van der Waals surface area contributed by atoms with Crippen LogP contribution in [0.1, 0.15) is 23.3 Å². The van der Waals surface area contributed by atoms with Crippen molar-refractivity contribution >= 4 is 23.2 Å². The lowest BCUT2D eigenvalue weighted by Gasteiger charge is -2.26. The van der Waals surface area contributed by atoms with Crippen molar-refractivity contribution < 1.29 is 4.74 Å². The topological polar surface area (TPSA) is 9.23 Å². The lowest BCUT2D eigenvalue weighted by molar-refractivity contribution is 0.0568. The van der Waals surface area contributed by atoms with Crippen LogP contribution in [0, 0.1) is 11.8 Å². The third-order valence-electron chi connectivity index (χ3n) is 3.59. The third kappa shape index (κ3) is 1.27. The Morgan fingerprint density at radius 3 is 1.80 bits per heavy atom. The van der Waals surface area contributed by atoms with Crippen LogP contribution in [0.2, 0.25) is 0 Å². The van der Waals surface area contributed by atoms with E-state index in [1.54, 1.807) is 0 Å². The molecular formula is C12H12Cl2O. The lowest BCUT2D eigenvalue weighted by Crippen LogP contribution is -2.24. The van der Waals surface area contributed by atoms with Gasteiger partial charge in [0.15, 0.2) is 0 Å². The molecule has 0 aliphatic carbocycles. The molecule has 0 saturated carbocycles. The first-order valence-electron chi connectivity index (χ1n) is 5.23. The van der Waals surface area contributed by atoms with Gasteiger partial charge in [0, 0.05) is 23.6 Å². The highest BCUT2D eigenvalue weighted by Gasteiger charge is 2.51. The quantitative estimate of drug-likeness (QED) is 0.722. The Morgan fingerprint density at radius 2 is 1.40 bits per heavy atom. The van der Waals surface area contributed by atoms with Gasteiger partial charge in [-0.1, -0.05) is 24.3 Å². The summed E-state index contributed by atoms with van der Waals surface area (Å²) in [5, 5.41) is 0. The summed E-state index contributed by atoms with van der Waals surface area (Å²) < 4.78 is 5.98.